The molecule has 0 aromatic heterocycles. The summed E-state index contributed by atoms with van der Waals surface area (Å²) in [4.78, 5) is 0. The van der Waals surface area contributed by atoms with Crippen LogP contribution in [0.1, 0.15) is 13.3 Å². The number of allylic oxidation sites excluding steroid dienone is 1. The van der Waals surface area contributed by atoms with Crippen LogP contribution in [0.2, 0.25) is 0 Å². The molecule has 0 aliphatic heterocycles. The van der Waals surface area contributed by atoms with Crippen LogP contribution >= 0.6 is 61.1 Å². The van der Waals surface area contributed by atoms with Gasteiger partial charge in [0.05, 0.1) is 2.49 Å². The summed E-state index contributed by atoms with van der Waals surface area (Å²) in [5, 5.41) is 0. The highest BCUT2D eigenvalue weighted by Gasteiger charge is 1.92. The lowest BCUT2D eigenvalue weighted by Crippen LogP contribution is -1.69. The third-order valence-electron chi connectivity index (χ3n) is 0.588. The first-order valence-electron chi connectivity index (χ1n) is 2.16. The molecule has 47 valence electrons. The summed E-state index contributed by atoms with van der Waals surface area (Å²) in [6.07, 6.45) is 3.21. The molecule has 0 spiro atoms. The summed E-state index contributed by atoms with van der Waals surface area (Å²) in [7, 11) is 0. The molecule has 0 amide bonds. The zero-order chi connectivity index (χ0) is 6.57. The van der Waals surface area contributed by atoms with Crippen molar-refractivity contribution in [3.8, 4) is 0 Å². The first-order valence-corrected chi connectivity index (χ1v) is 5.11. The van der Waals surface area contributed by atoms with Crippen LogP contribution in [-0.2, 0) is 0 Å². The van der Waals surface area contributed by atoms with E-state index < -0.39 is 0 Å². The minimum atomic E-state index is 1.07. The standard InChI is InChI=1S/C5H6BrI2/c1-2-3-4(7)5(6)8/h2H,3H2,1H3/b5-4-. The molecular weight excluding hydrogens is 394 g/mol. The highest BCUT2D eigenvalue weighted by atomic mass is 127. The van der Waals surface area contributed by atoms with Crippen molar-refractivity contribution in [2.75, 3.05) is 0 Å². The van der Waals surface area contributed by atoms with Crippen molar-refractivity contribution in [3.63, 3.8) is 0 Å². The first-order chi connectivity index (χ1) is 3.68. The van der Waals surface area contributed by atoms with Crippen LogP contribution in [-0.4, -0.2) is 0 Å². The van der Waals surface area contributed by atoms with Crippen molar-refractivity contribution in [3.05, 3.63) is 12.5 Å². The zero-order valence-electron chi connectivity index (χ0n) is 4.42. The van der Waals surface area contributed by atoms with Crippen LogP contribution in [0.3, 0.4) is 0 Å². The molecule has 0 aromatic carbocycles. The van der Waals surface area contributed by atoms with Gasteiger partial charge in [-0.25, -0.2) is 0 Å². The van der Waals surface area contributed by atoms with Crippen molar-refractivity contribution >= 4 is 61.1 Å². The number of rotatable bonds is 2. The van der Waals surface area contributed by atoms with E-state index >= 15 is 0 Å². The van der Waals surface area contributed by atoms with Gasteiger partial charge >= 0.3 is 0 Å². The summed E-state index contributed by atoms with van der Waals surface area (Å²) in [6, 6.07) is 0. The summed E-state index contributed by atoms with van der Waals surface area (Å²) in [5.74, 6) is 0. The van der Waals surface area contributed by atoms with Crippen molar-refractivity contribution in [1.82, 2.24) is 0 Å². The monoisotopic (exact) mass is 399 g/mol. The van der Waals surface area contributed by atoms with Crippen LogP contribution in [0.15, 0.2) is 6.07 Å². The van der Waals surface area contributed by atoms with Gasteiger partial charge in [-0.2, -0.15) is 0 Å². The van der Waals surface area contributed by atoms with Gasteiger partial charge < -0.3 is 0 Å². The minimum Gasteiger partial charge on any atom is -0.0619 e. The van der Waals surface area contributed by atoms with E-state index in [9.17, 15) is 0 Å². The van der Waals surface area contributed by atoms with Gasteiger partial charge in [-0.1, -0.05) is 6.92 Å². The Kier molecular flexibility index (Phi) is 6.61. The fourth-order valence-electron chi connectivity index (χ4n) is 0.256. The molecule has 0 bridgehead atoms. The summed E-state index contributed by atoms with van der Waals surface area (Å²) >= 11 is 7.97. The lowest BCUT2D eigenvalue weighted by molar-refractivity contribution is 1.21. The van der Waals surface area contributed by atoms with E-state index in [1.54, 1.807) is 0 Å². The highest BCUT2D eigenvalue weighted by molar-refractivity contribution is 14.1. The van der Waals surface area contributed by atoms with Gasteiger partial charge in [-0.3, -0.25) is 0 Å². The molecule has 1 radical (unpaired) electrons. The molecule has 0 nitrogen and oxygen atoms in total. The zero-order valence-corrected chi connectivity index (χ0v) is 10.3. The molecule has 0 fully saturated rings. The molecule has 0 aliphatic carbocycles. The normalized spacial score (nSPS) is 13.5. The predicted molar refractivity (Wildman–Crippen MR) is 58.6 cm³/mol. The summed E-state index contributed by atoms with van der Waals surface area (Å²) < 4.78 is 2.58. The lowest BCUT2D eigenvalue weighted by atomic mass is 10.3. The van der Waals surface area contributed by atoms with Crippen molar-refractivity contribution in [2.45, 2.75) is 13.3 Å². The van der Waals surface area contributed by atoms with Gasteiger partial charge in [-0.05, 0) is 74.0 Å². The Morgan fingerprint density at radius 3 is 2.25 bits per heavy atom. The fraction of sp³-hybridized carbons (Fsp3) is 0.400. The van der Waals surface area contributed by atoms with E-state index in [-0.39, 0.29) is 0 Å². The summed E-state index contributed by atoms with van der Waals surface area (Å²) in [6.45, 7) is 2.06. The lowest BCUT2D eigenvalue weighted by Gasteiger charge is -1.92. The second-order valence-corrected chi connectivity index (χ2v) is 5.93. The van der Waals surface area contributed by atoms with Crippen molar-refractivity contribution in [2.24, 2.45) is 0 Å². The molecule has 0 N–H and O–H groups in total. The van der Waals surface area contributed by atoms with E-state index in [2.05, 4.69) is 74.5 Å². The van der Waals surface area contributed by atoms with Crippen LogP contribution in [0.4, 0.5) is 0 Å². The smallest absolute Gasteiger partial charge is 0.0619 e. The molecule has 0 aromatic rings. The van der Waals surface area contributed by atoms with E-state index in [4.69, 9.17) is 0 Å². The Labute approximate surface area is 85.9 Å². The van der Waals surface area contributed by atoms with Crippen LogP contribution in [0.5, 0.6) is 0 Å². The second-order valence-electron chi connectivity index (χ2n) is 1.28. The van der Waals surface area contributed by atoms with Crippen molar-refractivity contribution < 1.29 is 0 Å². The Morgan fingerprint density at radius 2 is 2.12 bits per heavy atom. The van der Waals surface area contributed by atoms with Gasteiger partial charge in [0.15, 0.2) is 0 Å². The average Bonchev–Trinajstić information content (AvgIpc) is 1.67. The third kappa shape index (κ3) is 4.55. The minimum absolute atomic E-state index is 1.07. The van der Waals surface area contributed by atoms with Crippen LogP contribution in [0, 0.1) is 6.42 Å². The molecule has 8 heavy (non-hydrogen) atoms. The predicted octanol–water partition coefficient (Wildman–Crippen LogP) is 4.03. The van der Waals surface area contributed by atoms with E-state index in [0.29, 0.717) is 0 Å². The Hall–Kier alpha value is 1.68. The molecule has 0 aliphatic rings. The van der Waals surface area contributed by atoms with E-state index in [0.717, 1.165) is 6.42 Å². The van der Waals surface area contributed by atoms with Gasteiger partial charge in [0, 0.05) is 3.58 Å². The molecule has 0 heterocycles. The number of hydrogen-bond acceptors (Lipinski definition) is 0. The Morgan fingerprint density at radius 1 is 1.62 bits per heavy atom. The van der Waals surface area contributed by atoms with Gasteiger partial charge in [-0.15, -0.1) is 0 Å². The van der Waals surface area contributed by atoms with E-state index in [1.165, 1.54) is 6.07 Å². The molecule has 0 rings (SSSR count). The topological polar surface area (TPSA) is 0 Å². The Bertz CT molecular complexity index is 94.6. The van der Waals surface area contributed by atoms with Crippen molar-refractivity contribution in [1.29, 1.82) is 0 Å². The average molecular weight is 400 g/mol. The largest absolute Gasteiger partial charge is 0.0651 e. The third-order valence-corrected chi connectivity index (χ3v) is 4.47. The molecule has 0 saturated carbocycles. The Balaban J connectivity index is 3.62. The summed E-state index contributed by atoms with van der Waals surface area (Å²) in [5.41, 5.74) is 0. The molecule has 0 unspecified atom stereocenters. The maximum absolute atomic E-state index is 3.38. The molecule has 0 saturated heterocycles. The molecule has 3 heteroatoms. The first kappa shape index (κ1) is 9.68. The van der Waals surface area contributed by atoms with Gasteiger partial charge in [0.2, 0.25) is 0 Å². The molecule has 0 atom stereocenters. The quantitative estimate of drug-likeness (QED) is 0.615. The van der Waals surface area contributed by atoms with E-state index in [1.807, 2.05) is 0 Å². The second kappa shape index (κ2) is 5.46. The van der Waals surface area contributed by atoms with Crippen LogP contribution < -0.4 is 0 Å². The van der Waals surface area contributed by atoms with Gasteiger partial charge in [0.25, 0.3) is 0 Å². The molecular formula is C5H6BrI2. The maximum atomic E-state index is 3.38. The number of halogens is 3. The SMILES string of the molecule is C[CH]C/C(I)=C(\Br)I. The maximum Gasteiger partial charge on any atom is 0.0651 e. The highest BCUT2D eigenvalue weighted by Crippen LogP contribution is 2.27. The fourth-order valence-corrected chi connectivity index (χ4v) is 1.08. The van der Waals surface area contributed by atoms with Crippen LogP contribution in [0.25, 0.3) is 0 Å². The van der Waals surface area contributed by atoms with Gasteiger partial charge in [0.1, 0.15) is 0 Å². The number of hydrogen-bond donors (Lipinski definition) is 0.